The van der Waals surface area contributed by atoms with Gasteiger partial charge in [0.15, 0.2) is 0 Å². The fraction of sp³-hybridized carbons (Fsp3) is 0.667. The van der Waals surface area contributed by atoms with Gasteiger partial charge in [-0.15, -0.1) is 6.58 Å². The van der Waals surface area contributed by atoms with Crippen LogP contribution in [0.2, 0.25) is 0 Å². The van der Waals surface area contributed by atoms with Crippen LogP contribution in [0.3, 0.4) is 0 Å². The zero-order chi connectivity index (χ0) is 7.83. The van der Waals surface area contributed by atoms with Gasteiger partial charge in [-0.1, -0.05) is 13.0 Å². The highest BCUT2D eigenvalue weighted by atomic mass is 32.2. The second-order valence-corrected chi connectivity index (χ2v) is 4.11. The monoisotopic (exact) mass is 162 g/mol. The maximum atomic E-state index is 10.7. The Balaban J connectivity index is 2.77. The quantitative estimate of drug-likeness (QED) is 0.460. The molecule has 4 heteroatoms. The van der Waals surface area contributed by atoms with E-state index in [4.69, 9.17) is 0 Å². The molecular formula is C6H10O3S. The van der Waals surface area contributed by atoms with E-state index < -0.39 is 15.1 Å². The minimum absolute atomic E-state index is 0.395. The smallest absolute Gasteiger partial charge is 0.242 e. The van der Waals surface area contributed by atoms with Gasteiger partial charge >= 0.3 is 10.1 Å². The summed E-state index contributed by atoms with van der Waals surface area (Å²) in [6, 6.07) is 0. The fourth-order valence-corrected chi connectivity index (χ4v) is 2.31. The van der Waals surface area contributed by atoms with Crippen molar-refractivity contribution in [3.05, 3.63) is 12.7 Å². The van der Waals surface area contributed by atoms with Crippen LogP contribution < -0.4 is 0 Å². The van der Waals surface area contributed by atoms with E-state index in [0.29, 0.717) is 12.8 Å². The first-order valence-corrected chi connectivity index (χ1v) is 4.55. The lowest BCUT2D eigenvalue weighted by Gasteiger charge is -1.96. The van der Waals surface area contributed by atoms with Crippen LogP contribution in [0.5, 0.6) is 0 Å². The average molecular weight is 162 g/mol. The van der Waals surface area contributed by atoms with E-state index in [-0.39, 0.29) is 0 Å². The Labute approximate surface area is 60.8 Å². The molecule has 0 aliphatic carbocycles. The molecule has 1 saturated heterocycles. The maximum Gasteiger partial charge on any atom is 0.301 e. The van der Waals surface area contributed by atoms with Gasteiger partial charge in [0.1, 0.15) is 0 Å². The van der Waals surface area contributed by atoms with Crippen molar-refractivity contribution >= 4 is 10.1 Å². The summed E-state index contributed by atoms with van der Waals surface area (Å²) in [6.07, 6.45) is 2.46. The Kier molecular flexibility index (Phi) is 1.60. The topological polar surface area (TPSA) is 46.7 Å². The van der Waals surface area contributed by atoms with Gasteiger partial charge in [-0.05, 0) is 6.42 Å². The summed E-state index contributed by atoms with van der Waals surface area (Å²) >= 11 is 0. The van der Waals surface area contributed by atoms with Crippen molar-refractivity contribution in [3.63, 3.8) is 0 Å². The first-order valence-electron chi connectivity index (χ1n) is 3.14. The molecule has 0 amide bonds. The number of rotatable bonds is 3. The highest BCUT2D eigenvalue weighted by Crippen LogP contribution is 2.45. The van der Waals surface area contributed by atoms with Crippen LogP contribution >= 0.6 is 0 Å². The van der Waals surface area contributed by atoms with Gasteiger partial charge in [-0.3, -0.25) is 0 Å². The van der Waals surface area contributed by atoms with Crippen molar-refractivity contribution in [3.8, 4) is 0 Å². The van der Waals surface area contributed by atoms with Crippen LogP contribution in [0.1, 0.15) is 19.8 Å². The van der Waals surface area contributed by atoms with Crippen LogP contribution in [-0.4, -0.2) is 13.4 Å². The van der Waals surface area contributed by atoms with Crippen molar-refractivity contribution in [2.24, 2.45) is 0 Å². The summed E-state index contributed by atoms with van der Waals surface area (Å²) < 4.78 is 26.1. The summed E-state index contributed by atoms with van der Waals surface area (Å²) in [5, 5.41) is 0. The van der Waals surface area contributed by atoms with Crippen LogP contribution in [0.15, 0.2) is 12.7 Å². The van der Waals surface area contributed by atoms with Crippen LogP contribution in [0.4, 0.5) is 0 Å². The third kappa shape index (κ3) is 0.876. The molecular weight excluding hydrogens is 152 g/mol. The van der Waals surface area contributed by atoms with Gasteiger partial charge in [-0.2, -0.15) is 8.42 Å². The first kappa shape index (κ1) is 7.75. The molecule has 1 unspecified atom stereocenters. The van der Waals surface area contributed by atoms with E-state index in [2.05, 4.69) is 10.8 Å². The van der Waals surface area contributed by atoms with E-state index >= 15 is 0 Å². The molecule has 0 aromatic heterocycles. The molecule has 0 aromatic rings. The molecule has 0 saturated carbocycles. The minimum atomic E-state index is -3.20. The van der Waals surface area contributed by atoms with Crippen molar-refractivity contribution in [1.29, 1.82) is 0 Å². The molecule has 0 aromatic carbocycles. The summed E-state index contributed by atoms with van der Waals surface area (Å²) in [5.74, 6) is 0. The fourth-order valence-electron chi connectivity index (χ4n) is 0.919. The van der Waals surface area contributed by atoms with E-state index in [1.165, 1.54) is 0 Å². The van der Waals surface area contributed by atoms with Crippen molar-refractivity contribution in [2.75, 3.05) is 0 Å². The predicted molar refractivity (Wildman–Crippen MR) is 37.8 cm³/mol. The highest BCUT2D eigenvalue weighted by Gasteiger charge is 2.61. The summed E-state index contributed by atoms with van der Waals surface area (Å²) in [4.78, 5) is -0.908. The molecule has 1 atom stereocenters. The molecule has 1 aliphatic rings. The van der Waals surface area contributed by atoms with Gasteiger partial charge in [0, 0.05) is 6.42 Å². The van der Waals surface area contributed by atoms with E-state index in [9.17, 15) is 8.42 Å². The Morgan fingerprint density at radius 3 is 2.30 bits per heavy atom. The van der Waals surface area contributed by atoms with Gasteiger partial charge in [0.05, 0.1) is 0 Å². The summed E-state index contributed by atoms with van der Waals surface area (Å²) in [5.41, 5.74) is 0. The molecule has 3 nitrogen and oxygen atoms in total. The normalized spacial score (nSPS) is 35.3. The van der Waals surface area contributed by atoms with E-state index in [1.54, 1.807) is 13.0 Å². The zero-order valence-electron chi connectivity index (χ0n) is 5.83. The van der Waals surface area contributed by atoms with Crippen molar-refractivity contribution < 1.29 is 12.6 Å². The Morgan fingerprint density at radius 1 is 1.70 bits per heavy atom. The standard InChI is InChI=1S/C6H10O3S/c1-3-5-6(4-2)9-10(6,7)8/h3H,1,4-5H2,2H3. The van der Waals surface area contributed by atoms with Gasteiger partial charge in [0.2, 0.25) is 4.93 Å². The first-order chi connectivity index (χ1) is 4.58. The molecule has 0 spiro atoms. The molecule has 1 heterocycles. The second kappa shape index (κ2) is 2.07. The molecule has 1 aliphatic heterocycles. The van der Waals surface area contributed by atoms with Gasteiger partial charge < -0.3 is 0 Å². The third-order valence-electron chi connectivity index (χ3n) is 1.68. The van der Waals surface area contributed by atoms with Crippen molar-refractivity contribution in [2.45, 2.75) is 24.7 Å². The van der Waals surface area contributed by atoms with E-state index in [0.717, 1.165) is 0 Å². The predicted octanol–water partition coefficient (Wildman–Crippen LogP) is 1.03. The molecule has 0 radical (unpaired) electrons. The third-order valence-corrected chi connectivity index (χ3v) is 3.52. The second-order valence-electron chi connectivity index (χ2n) is 2.29. The maximum absolute atomic E-state index is 10.7. The minimum Gasteiger partial charge on any atom is -0.242 e. The molecule has 10 heavy (non-hydrogen) atoms. The zero-order valence-corrected chi connectivity index (χ0v) is 6.65. The van der Waals surface area contributed by atoms with Gasteiger partial charge in [-0.25, -0.2) is 4.18 Å². The SMILES string of the molecule is C=CCC1(CC)OS1(=O)=O. The lowest BCUT2D eigenvalue weighted by Crippen LogP contribution is -2.09. The van der Waals surface area contributed by atoms with Crippen LogP contribution in [-0.2, 0) is 14.3 Å². The molecule has 0 N–H and O–H groups in total. The average Bonchev–Trinajstić information content (AvgIpc) is 2.37. The number of hydrogen-bond acceptors (Lipinski definition) is 3. The molecule has 1 rings (SSSR count). The summed E-state index contributed by atoms with van der Waals surface area (Å²) in [6.45, 7) is 5.24. The summed E-state index contributed by atoms with van der Waals surface area (Å²) in [7, 11) is -3.20. The van der Waals surface area contributed by atoms with E-state index in [1.807, 2.05) is 0 Å². The molecule has 0 bridgehead atoms. The van der Waals surface area contributed by atoms with Crippen LogP contribution in [0.25, 0.3) is 0 Å². The largest absolute Gasteiger partial charge is 0.301 e. The van der Waals surface area contributed by atoms with Gasteiger partial charge in [0.25, 0.3) is 0 Å². The van der Waals surface area contributed by atoms with Crippen LogP contribution in [0, 0.1) is 0 Å². The Bertz CT molecular complexity index is 242. The lowest BCUT2D eigenvalue weighted by atomic mass is 10.2. The number of hydrogen-bond donors (Lipinski definition) is 0. The Hall–Kier alpha value is -0.350. The molecule has 58 valence electrons. The van der Waals surface area contributed by atoms with Crippen molar-refractivity contribution in [1.82, 2.24) is 0 Å². The molecule has 1 fully saturated rings. The highest BCUT2D eigenvalue weighted by molar-refractivity contribution is 7.93. The lowest BCUT2D eigenvalue weighted by molar-refractivity contribution is 0.310. The Morgan fingerprint density at radius 2 is 2.20 bits per heavy atom.